The van der Waals surface area contributed by atoms with Crippen molar-refractivity contribution in [2.45, 2.75) is 19.4 Å². The molecule has 0 bridgehead atoms. The van der Waals surface area contributed by atoms with Gasteiger partial charge in [-0.2, -0.15) is 0 Å². The van der Waals surface area contributed by atoms with Crippen LogP contribution in [0.3, 0.4) is 0 Å². The molecular formula is C12H20N4. The first-order chi connectivity index (χ1) is 7.65. The smallest absolute Gasteiger partial charge is 0.140 e. The molecule has 0 unspecified atom stereocenters. The maximum Gasteiger partial charge on any atom is 0.140 e. The summed E-state index contributed by atoms with van der Waals surface area (Å²) >= 11 is 0. The van der Waals surface area contributed by atoms with E-state index < -0.39 is 0 Å². The van der Waals surface area contributed by atoms with Crippen molar-refractivity contribution in [2.24, 2.45) is 0 Å². The summed E-state index contributed by atoms with van der Waals surface area (Å²) in [4.78, 5) is 6.59. The lowest BCUT2D eigenvalue weighted by Crippen LogP contribution is -2.34. The monoisotopic (exact) mass is 220 g/mol. The van der Waals surface area contributed by atoms with E-state index in [2.05, 4.69) is 47.4 Å². The van der Waals surface area contributed by atoms with E-state index in [-0.39, 0.29) is 0 Å². The highest BCUT2D eigenvalue weighted by atomic mass is 15.5. The minimum Gasteiger partial charge on any atom is -0.305 e. The summed E-state index contributed by atoms with van der Waals surface area (Å²) < 4.78 is 0. The minimum atomic E-state index is 0.650. The van der Waals surface area contributed by atoms with Gasteiger partial charge in [0.25, 0.3) is 0 Å². The third-order valence-electron chi connectivity index (χ3n) is 3.08. The zero-order chi connectivity index (χ0) is 11.5. The Morgan fingerprint density at radius 3 is 2.94 bits per heavy atom. The van der Waals surface area contributed by atoms with Crippen LogP contribution in [0.15, 0.2) is 18.3 Å². The average Bonchev–Trinajstić information content (AvgIpc) is 2.66. The molecule has 1 aliphatic rings. The predicted molar refractivity (Wildman–Crippen MR) is 66.3 cm³/mol. The number of aryl methyl sites for hydroxylation is 1. The van der Waals surface area contributed by atoms with Crippen LogP contribution in [0.25, 0.3) is 0 Å². The van der Waals surface area contributed by atoms with Crippen LogP contribution in [0, 0.1) is 6.92 Å². The number of hydrogen-bond acceptors (Lipinski definition) is 4. The molecule has 1 aromatic rings. The highest BCUT2D eigenvalue weighted by Gasteiger charge is 2.23. The van der Waals surface area contributed by atoms with Crippen molar-refractivity contribution in [1.29, 1.82) is 0 Å². The SMILES string of the molecule is Cc1ccnc(NN2CC[C@@H](N(C)C)C2)c1. The molecule has 1 saturated heterocycles. The van der Waals surface area contributed by atoms with E-state index in [1.54, 1.807) is 0 Å². The van der Waals surface area contributed by atoms with E-state index in [0.717, 1.165) is 18.9 Å². The second-order valence-electron chi connectivity index (χ2n) is 4.68. The number of hydrazine groups is 1. The van der Waals surface area contributed by atoms with Gasteiger partial charge in [0.15, 0.2) is 0 Å². The topological polar surface area (TPSA) is 31.4 Å². The summed E-state index contributed by atoms with van der Waals surface area (Å²) in [6, 6.07) is 4.73. The number of nitrogens with one attached hydrogen (secondary N) is 1. The van der Waals surface area contributed by atoms with Crippen molar-refractivity contribution in [2.75, 3.05) is 32.6 Å². The summed E-state index contributed by atoms with van der Waals surface area (Å²) in [6.07, 6.45) is 3.06. The number of nitrogens with zero attached hydrogens (tertiary/aromatic N) is 3. The lowest BCUT2D eigenvalue weighted by Gasteiger charge is -2.21. The Hall–Kier alpha value is -1.13. The zero-order valence-corrected chi connectivity index (χ0v) is 10.3. The van der Waals surface area contributed by atoms with Gasteiger partial charge in [-0.1, -0.05) is 0 Å². The van der Waals surface area contributed by atoms with Gasteiger partial charge in [0.2, 0.25) is 0 Å². The molecule has 1 aromatic heterocycles. The van der Waals surface area contributed by atoms with E-state index in [0.29, 0.717) is 6.04 Å². The molecule has 0 radical (unpaired) electrons. The molecule has 0 saturated carbocycles. The maximum atomic E-state index is 4.31. The van der Waals surface area contributed by atoms with E-state index >= 15 is 0 Å². The van der Waals surface area contributed by atoms with Crippen LogP contribution in [0.5, 0.6) is 0 Å². The first-order valence-corrected chi connectivity index (χ1v) is 5.76. The van der Waals surface area contributed by atoms with Gasteiger partial charge in [0.05, 0.1) is 0 Å². The highest BCUT2D eigenvalue weighted by Crippen LogP contribution is 2.14. The quantitative estimate of drug-likeness (QED) is 0.833. The predicted octanol–water partition coefficient (Wildman–Crippen LogP) is 1.35. The molecule has 4 heteroatoms. The zero-order valence-electron chi connectivity index (χ0n) is 10.3. The molecule has 4 nitrogen and oxygen atoms in total. The largest absolute Gasteiger partial charge is 0.305 e. The van der Waals surface area contributed by atoms with Crippen LogP contribution in [-0.2, 0) is 0 Å². The first-order valence-electron chi connectivity index (χ1n) is 5.76. The Morgan fingerprint density at radius 2 is 2.31 bits per heavy atom. The van der Waals surface area contributed by atoms with Gasteiger partial charge in [-0.25, -0.2) is 9.99 Å². The Labute approximate surface area is 97.2 Å². The van der Waals surface area contributed by atoms with Crippen LogP contribution in [-0.4, -0.2) is 48.1 Å². The summed E-state index contributed by atoms with van der Waals surface area (Å²) in [5.74, 6) is 0.944. The summed E-state index contributed by atoms with van der Waals surface area (Å²) in [5.41, 5.74) is 4.60. The molecule has 1 aliphatic heterocycles. The lowest BCUT2D eigenvalue weighted by molar-refractivity contribution is 0.287. The van der Waals surface area contributed by atoms with Crippen molar-refractivity contribution in [1.82, 2.24) is 14.9 Å². The molecule has 0 amide bonds. The molecule has 2 heterocycles. The summed E-state index contributed by atoms with van der Waals surface area (Å²) in [5, 5.41) is 2.24. The highest BCUT2D eigenvalue weighted by molar-refractivity contribution is 5.36. The number of anilines is 1. The van der Waals surface area contributed by atoms with Crippen molar-refractivity contribution < 1.29 is 0 Å². The standard InChI is InChI=1S/C12H20N4/c1-10-4-6-13-12(8-10)14-16-7-5-11(9-16)15(2)3/h4,6,8,11H,5,7,9H2,1-3H3,(H,13,14)/t11-/m1/s1. The van der Waals surface area contributed by atoms with E-state index in [1.807, 2.05) is 12.3 Å². The average molecular weight is 220 g/mol. The molecular weight excluding hydrogens is 200 g/mol. The Balaban J connectivity index is 1.92. The number of likely N-dealkylation sites (N-methyl/N-ethyl adjacent to an activating group) is 1. The fraction of sp³-hybridized carbons (Fsp3) is 0.583. The van der Waals surface area contributed by atoms with Gasteiger partial charge in [-0.15, -0.1) is 0 Å². The molecule has 16 heavy (non-hydrogen) atoms. The Morgan fingerprint density at radius 1 is 1.50 bits per heavy atom. The summed E-state index contributed by atoms with van der Waals surface area (Å²) in [6.45, 7) is 4.22. The van der Waals surface area contributed by atoms with Crippen molar-refractivity contribution >= 4 is 5.82 Å². The van der Waals surface area contributed by atoms with E-state index in [4.69, 9.17) is 0 Å². The van der Waals surface area contributed by atoms with Crippen LogP contribution in [0.1, 0.15) is 12.0 Å². The molecule has 0 aromatic carbocycles. The minimum absolute atomic E-state index is 0.650. The maximum absolute atomic E-state index is 4.31. The van der Waals surface area contributed by atoms with E-state index in [9.17, 15) is 0 Å². The number of hydrogen-bond donors (Lipinski definition) is 1. The van der Waals surface area contributed by atoms with Crippen molar-refractivity contribution in [3.05, 3.63) is 23.9 Å². The van der Waals surface area contributed by atoms with Crippen LogP contribution >= 0.6 is 0 Å². The van der Waals surface area contributed by atoms with Gasteiger partial charge in [-0.05, 0) is 45.1 Å². The van der Waals surface area contributed by atoms with E-state index in [1.165, 1.54) is 12.0 Å². The van der Waals surface area contributed by atoms with Gasteiger partial charge in [0, 0.05) is 25.3 Å². The normalized spacial score (nSPS) is 21.6. The molecule has 88 valence electrons. The van der Waals surface area contributed by atoms with Gasteiger partial charge in [-0.3, -0.25) is 0 Å². The lowest BCUT2D eigenvalue weighted by atomic mass is 10.2. The molecule has 1 N–H and O–H groups in total. The fourth-order valence-corrected chi connectivity index (χ4v) is 2.02. The van der Waals surface area contributed by atoms with Gasteiger partial charge in [0.1, 0.15) is 5.82 Å². The van der Waals surface area contributed by atoms with Crippen LogP contribution in [0.2, 0.25) is 0 Å². The number of rotatable bonds is 3. The van der Waals surface area contributed by atoms with Gasteiger partial charge >= 0.3 is 0 Å². The Bertz CT molecular complexity index is 351. The Kier molecular flexibility index (Phi) is 3.41. The summed E-state index contributed by atoms with van der Waals surface area (Å²) in [7, 11) is 4.28. The molecule has 1 fully saturated rings. The van der Waals surface area contributed by atoms with Gasteiger partial charge < -0.3 is 10.3 Å². The molecule has 1 atom stereocenters. The second kappa shape index (κ2) is 4.80. The molecule has 0 spiro atoms. The third-order valence-corrected chi connectivity index (χ3v) is 3.08. The molecule has 2 rings (SSSR count). The third kappa shape index (κ3) is 2.71. The molecule has 0 aliphatic carbocycles. The number of pyridine rings is 1. The number of aromatic nitrogens is 1. The van der Waals surface area contributed by atoms with Crippen LogP contribution < -0.4 is 5.43 Å². The fourth-order valence-electron chi connectivity index (χ4n) is 2.02. The van der Waals surface area contributed by atoms with Crippen molar-refractivity contribution in [3.8, 4) is 0 Å². The van der Waals surface area contributed by atoms with Crippen LogP contribution in [0.4, 0.5) is 5.82 Å². The first kappa shape index (κ1) is 11.4. The van der Waals surface area contributed by atoms with Crippen molar-refractivity contribution in [3.63, 3.8) is 0 Å². The second-order valence-corrected chi connectivity index (χ2v) is 4.68.